The molecule has 1 atom stereocenters. The van der Waals surface area contributed by atoms with Crippen LogP contribution in [-0.4, -0.2) is 92.3 Å². The molecule has 3 aromatic rings. The van der Waals surface area contributed by atoms with Crippen molar-refractivity contribution in [3.63, 3.8) is 0 Å². The quantitative estimate of drug-likeness (QED) is 0.340. The van der Waals surface area contributed by atoms with Crippen molar-refractivity contribution in [2.75, 3.05) is 55.4 Å². The predicted molar refractivity (Wildman–Crippen MR) is 163 cm³/mol. The molecule has 0 radical (unpaired) electrons. The zero-order valence-corrected chi connectivity index (χ0v) is 26.0. The number of alkyl halides is 3. The smallest absolute Gasteiger partial charge is 0.377 e. The van der Waals surface area contributed by atoms with Crippen LogP contribution in [0.2, 0.25) is 0 Å². The molecule has 12 nitrogen and oxygen atoms in total. The first kappa shape index (κ1) is 30.8. The molecule has 2 amide bonds. The number of nitrogens with two attached hydrogens (primary N) is 1. The van der Waals surface area contributed by atoms with E-state index in [4.69, 9.17) is 10.5 Å². The van der Waals surface area contributed by atoms with Gasteiger partial charge in [0.1, 0.15) is 16.5 Å². The molecular weight excluding hydrogens is 647 g/mol. The van der Waals surface area contributed by atoms with Gasteiger partial charge in [-0.15, -0.1) is 11.3 Å². The highest BCUT2D eigenvalue weighted by atomic mass is 32.2. The highest BCUT2D eigenvalue weighted by molar-refractivity contribution is 7.91. The topological polar surface area (TPSA) is 160 Å². The zero-order chi connectivity index (χ0) is 32.4. The van der Waals surface area contributed by atoms with Gasteiger partial charge in [-0.1, -0.05) is 0 Å². The van der Waals surface area contributed by atoms with E-state index in [1.807, 2.05) is 18.2 Å². The summed E-state index contributed by atoms with van der Waals surface area (Å²) in [6.45, 7) is 2.18. The number of fused-ring (bicyclic) bond motifs is 1. The molecule has 17 heteroatoms. The van der Waals surface area contributed by atoms with E-state index in [0.29, 0.717) is 42.9 Å². The largest absolute Gasteiger partial charge is 0.420 e. The van der Waals surface area contributed by atoms with Gasteiger partial charge in [0.25, 0.3) is 5.91 Å². The van der Waals surface area contributed by atoms with Crippen LogP contribution in [0.25, 0.3) is 10.6 Å². The number of ether oxygens (including phenoxy) is 1. The molecule has 0 bridgehead atoms. The van der Waals surface area contributed by atoms with E-state index in [1.54, 1.807) is 0 Å². The summed E-state index contributed by atoms with van der Waals surface area (Å²) in [5.74, 6) is -1.21. The van der Waals surface area contributed by atoms with E-state index in [0.717, 1.165) is 30.2 Å². The number of nitrogens with one attached hydrogen (secondary N) is 2. The lowest BCUT2D eigenvalue weighted by Crippen LogP contribution is -2.56. The molecule has 46 heavy (non-hydrogen) atoms. The van der Waals surface area contributed by atoms with Crippen LogP contribution < -0.4 is 21.3 Å². The lowest BCUT2D eigenvalue weighted by molar-refractivity contribution is -0.137. The third kappa shape index (κ3) is 5.80. The Morgan fingerprint density at radius 3 is 2.63 bits per heavy atom. The monoisotopic (exact) mass is 677 g/mol. The second-order valence-electron chi connectivity index (χ2n) is 11.8. The van der Waals surface area contributed by atoms with Gasteiger partial charge in [0, 0.05) is 43.8 Å². The Morgan fingerprint density at radius 1 is 1.17 bits per heavy atom. The number of benzene rings is 1. The van der Waals surface area contributed by atoms with Crippen molar-refractivity contribution in [1.29, 1.82) is 0 Å². The molecule has 244 valence electrons. The number of thiophene rings is 1. The summed E-state index contributed by atoms with van der Waals surface area (Å²) in [6.07, 6.45) is -2.30. The molecule has 3 aliphatic heterocycles. The van der Waals surface area contributed by atoms with Crippen molar-refractivity contribution in [3.05, 3.63) is 46.5 Å². The van der Waals surface area contributed by atoms with Crippen LogP contribution in [0.15, 0.2) is 35.4 Å². The summed E-state index contributed by atoms with van der Waals surface area (Å²) >= 11 is 0.678. The highest BCUT2D eigenvalue weighted by Gasteiger charge is 2.41. The number of carbonyl (C=O) groups excluding carboxylic acids is 2. The van der Waals surface area contributed by atoms with Gasteiger partial charge < -0.3 is 30.9 Å². The molecule has 2 aromatic heterocycles. The van der Waals surface area contributed by atoms with Gasteiger partial charge in [-0.05, 0) is 48.6 Å². The number of carbonyl (C=O) groups is 2. The van der Waals surface area contributed by atoms with Crippen LogP contribution in [-0.2, 0) is 25.5 Å². The third-order valence-corrected chi connectivity index (χ3v) is 11.6. The number of anilines is 3. The minimum absolute atomic E-state index is 0.0240. The van der Waals surface area contributed by atoms with Crippen molar-refractivity contribution >= 4 is 50.3 Å². The number of hydrogen-bond acceptors (Lipinski definition) is 11. The Hall–Kier alpha value is -3.80. The number of hydrogen-bond donors (Lipinski definition) is 3. The maximum Gasteiger partial charge on any atom is 0.420 e. The van der Waals surface area contributed by atoms with Gasteiger partial charge in [0.15, 0.2) is 9.84 Å². The van der Waals surface area contributed by atoms with E-state index in [-0.39, 0.29) is 58.1 Å². The van der Waals surface area contributed by atoms with Crippen LogP contribution in [0.5, 0.6) is 0 Å². The summed E-state index contributed by atoms with van der Waals surface area (Å²) in [7, 11) is -3.95. The molecule has 0 spiro atoms. The van der Waals surface area contributed by atoms with Crippen LogP contribution in [0.3, 0.4) is 0 Å². The summed E-state index contributed by atoms with van der Waals surface area (Å²) in [6, 6.07) is 6.01. The van der Waals surface area contributed by atoms with Gasteiger partial charge in [0.2, 0.25) is 11.9 Å². The number of sulfone groups is 1. The number of aromatic nitrogens is 2. The second-order valence-corrected chi connectivity index (χ2v) is 14.9. The number of piperazine rings is 1. The number of rotatable bonds is 7. The standard InChI is InChI=1S/C29H30F3N7O5S2/c30-29(31,32)19-11-35-28(36-20-4-3-16(9-18(20)15-1-2-15)38-6-5-34-21(12-38)26(33)40)37-24(19)22-10-23-25(45-22)27(41)39(17-13-44-14-17)7-8-46(23,42)43/h3-4,9-11,15,17,21,34H,1-2,5-8,12-14H2,(H2,33,40)(H,35,36,37)/t21-/m0/s1. The van der Waals surface area contributed by atoms with Gasteiger partial charge in [0.05, 0.1) is 40.5 Å². The molecule has 3 fully saturated rings. The maximum absolute atomic E-state index is 14.2. The van der Waals surface area contributed by atoms with Crippen molar-refractivity contribution in [2.45, 2.75) is 41.9 Å². The average Bonchev–Trinajstić information content (AvgIpc) is 3.75. The first-order valence-corrected chi connectivity index (χ1v) is 17.2. The number of nitrogens with zero attached hydrogens (tertiary/aromatic N) is 4. The normalized spacial score (nSPS) is 21.8. The van der Waals surface area contributed by atoms with Crippen LogP contribution in [0, 0.1) is 0 Å². The Morgan fingerprint density at radius 2 is 1.96 bits per heavy atom. The summed E-state index contributed by atoms with van der Waals surface area (Å²) in [5, 5.41) is 6.18. The lowest BCUT2D eigenvalue weighted by Gasteiger charge is -2.36. The molecular formula is C29H30F3N7O5S2. The van der Waals surface area contributed by atoms with Crippen LogP contribution >= 0.6 is 11.3 Å². The molecule has 4 aliphatic rings. The van der Waals surface area contributed by atoms with Crippen molar-refractivity contribution in [3.8, 4) is 10.6 Å². The lowest BCUT2D eigenvalue weighted by atomic mass is 10.1. The molecule has 2 saturated heterocycles. The maximum atomic E-state index is 14.2. The Labute approximate surface area is 266 Å². The SMILES string of the molecule is NC(=O)[C@@H]1CN(c2ccc(Nc3ncc(C(F)(F)F)c(-c4cc5c(s4)C(=O)N(C4COC4)CCS5(=O)=O)n3)c(C3CC3)c2)CCN1. The fraction of sp³-hybridized carbons (Fsp3) is 0.448. The van der Waals surface area contributed by atoms with Crippen LogP contribution in [0.1, 0.15) is 39.6 Å². The van der Waals surface area contributed by atoms with Crippen molar-refractivity contribution < 1.29 is 35.9 Å². The fourth-order valence-electron chi connectivity index (χ4n) is 5.91. The Bertz CT molecular complexity index is 1830. The molecule has 1 aliphatic carbocycles. The van der Waals surface area contributed by atoms with E-state index < -0.39 is 45.1 Å². The number of halogens is 3. The molecule has 0 unspecified atom stereocenters. The molecule has 1 saturated carbocycles. The molecule has 7 rings (SSSR count). The average molecular weight is 678 g/mol. The Kier molecular flexibility index (Phi) is 7.69. The van der Waals surface area contributed by atoms with E-state index in [9.17, 15) is 31.2 Å². The first-order valence-electron chi connectivity index (χ1n) is 14.8. The highest BCUT2D eigenvalue weighted by Crippen LogP contribution is 2.46. The van der Waals surface area contributed by atoms with E-state index in [1.165, 1.54) is 4.90 Å². The fourth-order valence-corrected chi connectivity index (χ4v) is 8.83. The Balaban J connectivity index is 1.24. The van der Waals surface area contributed by atoms with Gasteiger partial charge in [-0.2, -0.15) is 13.2 Å². The van der Waals surface area contributed by atoms with Crippen LogP contribution in [0.4, 0.5) is 30.5 Å². The predicted octanol–water partition coefficient (Wildman–Crippen LogP) is 2.74. The molecule has 5 heterocycles. The van der Waals surface area contributed by atoms with Gasteiger partial charge in [-0.3, -0.25) is 9.59 Å². The van der Waals surface area contributed by atoms with Gasteiger partial charge in [-0.25, -0.2) is 18.4 Å². The van der Waals surface area contributed by atoms with E-state index in [2.05, 4.69) is 25.5 Å². The molecule has 1 aromatic carbocycles. The summed E-state index contributed by atoms with van der Waals surface area (Å²) in [5.41, 5.74) is 6.29. The minimum Gasteiger partial charge on any atom is -0.377 e. The minimum atomic E-state index is -4.85. The van der Waals surface area contributed by atoms with Crippen molar-refractivity contribution in [2.24, 2.45) is 5.73 Å². The van der Waals surface area contributed by atoms with Crippen molar-refractivity contribution in [1.82, 2.24) is 20.2 Å². The van der Waals surface area contributed by atoms with Gasteiger partial charge >= 0.3 is 6.18 Å². The summed E-state index contributed by atoms with van der Waals surface area (Å²) < 4.78 is 74.1. The molecule has 4 N–H and O–H groups in total. The number of primary amides is 1. The zero-order valence-electron chi connectivity index (χ0n) is 24.3. The summed E-state index contributed by atoms with van der Waals surface area (Å²) in [4.78, 5) is 36.3. The number of amides is 2. The van der Waals surface area contributed by atoms with E-state index >= 15 is 0 Å². The second kappa shape index (κ2) is 11.5. The third-order valence-electron chi connectivity index (χ3n) is 8.66. The first-order chi connectivity index (χ1) is 21.9.